The summed E-state index contributed by atoms with van der Waals surface area (Å²) >= 11 is 0. The number of rotatable bonds is 8. The molecule has 0 saturated heterocycles. The molecule has 2 N–H and O–H groups in total. The van der Waals surface area contributed by atoms with Crippen molar-refractivity contribution < 1.29 is 4.74 Å². The number of hydrogen-bond donors (Lipinski definition) is 1. The lowest BCUT2D eigenvalue weighted by atomic mass is 10.1. The fourth-order valence-corrected chi connectivity index (χ4v) is 1.82. The molecule has 0 spiro atoms. The van der Waals surface area contributed by atoms with Gasteiger partial charge in [0.05, 0.1) is 6.61 Å². The molecule has 0 heterocycles. The minimum Gasteiger partial charge on any atom is -0.493 e. The maximum atomic E-state index is 5.83. The van der Waals surface area contributed by atoms with E-state index in [1.54, 1.807) is 0 Å². The fraction of sp³-hybridized carbons (Fsp3) is 0.467. The van der Waals surface area contributed by atoms with Crippen molar-refractivity contribution in [3.05, 3.63) is 42.0 Å². The molecule has 0 amide bonds. The van der Waals surface area contributed by atoms with E-state index in [1.807, 2.05) is 18.2 Å². The highest BCUT2D eigenvalue weighted by atomic mass is 16.5. The lowest BCUT2D eigenvalue weighted by Gasteiger charge is -2.12. The van der Waals surface area contributed by atoms with Crippen LogP contribution in [0.1, 0.15) is 36.8 Å². The van der Waals surface area contributed by atoms with Crippen LogP contribution in [0.2, 0.25) is 0 Å². The van der Waals surface area contributed by atoms with Gasteiger partial charge in [0, 0.05) is 12.1 Å². The van der Waals surface area contributed by atoms with Gasteiger partial charge < -0.3 is 10.5 Å². The summed E-state index contributed by atoms with van der Waals surface area (Å²) in [7, 11) is 0. The number of nitrogens with two attached hydrogens (primary N) is 1. The van der Waals surface area contributed by atoms with Gasteiger partial charge in [-0.2, -0.15) is 0 Å². The van der Waals surface area contributed by atoms with Gasteiger partial charge in [-0.25, -0.2) is 0 Å². The normalized spacial score (nSPS) is 10.2. The fourth-order valence-electron chi connectivity index (χ4n) is 1.82. The van der Waals surface area contributed by atoms with Crippen molar-refractivity contribution in [3.8, 4) is 5.75 Å². The lowest BCUT2D eigenvalue weighted by molar-refractivity contribution is 0.300. The smallest absolute Gasteiger partial charge is 0.126 e. The van der Waals surface area contributed by atoms with Crippen molar-refractivity contribution >= 4 is 0 Å². The third kappa shape index (κ3) is 4.61. The third-order valence-corrected chi connectivity index (χ3v) is 2.81. The molecule has 0 unspecified atom stereocenters. The quantitative estimate of drug-likeness (QED) is 0.550. The first kappa shape index (κ1) is 13.8. The highest BCUT2D eigenvalue weighted by Gasteiger charge is 2.04. The summed E-state index contributed by atoms with van der Waals surface area (Å²) in [5.74, 6) is 0.971. The average Bonchev–Trinajstić information content (AvgIpc) is 2.35. The maximum absolute atomic E-state index is 5.83. The van der Waals surface area contributed by atoms with E-state index in [9.17, 15) is 0 Å². The van der Waals surface area contributed by atoms with Crippen molar-refractivity contribution in [1.29, 1.82) is 0 Å². The van der Waals surface area contributed by atoms with Crippen LogP contribution < -0.4 is 10.5 Å². The maximum Gasteiger partial charge on any atom is 0.126 e. The van der Waals surface area contributed by atoms with Crippen LogP contribution in [0.15, 0.2) is 30.9 Å². The number of hydrogen-bond acceptors (Lipinski definition) is 2. The van der Waals surface area contributed by atoms with Crippen LogP contribution in [0, 0.1) is 6.92 Å². The first-order valence-corrected chi connectivity index (χ1v) is 6.32. The molecule has 1 rings (SSSR count). The summed E-state index contributed by atoms with van der Waals surface area (Å²) in [4.78, 5) is 0. The number of unbranched alkanes of at least 4 members (excludes halogenated alkanes) is 3. The van der Waals surface area contributed by atoms with E-state index in [1.165, 1.54) is 18.4 Å². The molecule has 0 atom stereocenters. The van der Waals surface area contributed by atoms with Gasteiger partial charge >= 0.3 is 0 Å². The molecule has 0 bridgehead atoms. The van der Waals surface area contributed by atoms with Crippen LogP contribution in [0.5, 0.6) is 5.75 Å². The Bertz CT molecular complexity index is 347. The Morgan fingerprint density at radius 3 is 2.82 bits per heavy atom. The highest BCUT2D eigenvalue weighted by molar-refractivity contribution is 5.40. The molecule has 0 aliphatic heterocycles. The summed E-state index contributed by atoms with van der Waals surface area (Å²) in [6.45, 7) is 7.08. The Morgan fingerprint density at radius 2 is 2.12 bits per heavy atom. The zero-order valence-corrected chi connectivity index (χ0v) is 10.7. The molecule has 1 aromatic rings. The van der Waals surface area contributed by atoms with Gasteiger partial charge in [-0.05, 0) is 38.2 Å². The molecule has 1 aromatic carbocycles. The number of benzene rings is 1. The number of allylic oxidation sites excluding steroid dienone is 1. The summed E-state index contributed by atoms with van der Waals surface area (Å²) < 4.78 is 5.83. The summed E-state index contributed by atoms with van der Waals surface area (Å²) in [6.07, 6.45) is 6.54. The molecule has 17 heavy (non-hydrogen) atoms. The van der Waals surface area contributed by atoms with Gasteiger partial charge in [-0.1, -0.05) is 24.3 Å². The van der Waals surface area contributed by atoms with Crippen LogP contribution in [0.25, 0.3) is 0 Å². The molecule has 0 saturated carbocycles. The predicted octanol–water partition coefficient (Wildman–Crippen LogP) is 3.58. The van der Waals surface area contributed by atoms with E-state index in [4.69, 9.17) is 10.5 Å². The SMILES string of the molecule is C=CCCCCCOc1c(C)cccc1CN. The second-order valence-electron chi connectivity index (χ2n) is 4.25. The van der Waals surface area contributed by atoms with Crippen LogP contribution >= 0.6 is 0 Å². The van der Waals surface area contributed by atoms with Crippen LogP contribution in [-0.4, -0.2) is 6.61 Å². The van der Waals surface area contributed by atoms with Crippen molar-refractivity contribution in [2.75, 3.05) is 6.61 Å². The van der Waals surface area contributed by atoms with E-state index in [2.05, 4.69) is 19.6 Å². The highest BCUT2D eigenvalue weighted by Crippen LogP contribution is 2.23. The summed E-state index contributed by atoms with van der Waals surface area (Å²) in [5, 5.41) is 0. The minimum absolute atomic E-state index is 0.535. The van der Waals surface area contributed by atoms with Crippen molar-refractivity contribution in [2.24, 2.45) is 5.73 Å². The van der Waals surface area contributed by atoms with Crippen molar-refractivity contribution in [3.63, 3.8) is 0 Å². The van der Waals surface area contributed by atoms with Crippen molar-refractivity contribution in [1.82, 2.24) is 0 Å². The van der Waals surface area contributed by atoms with E-state index in [0.29, 0.717) is 6.54 Å². The minimum atomic E-state index is 0.535. The molecular weight excluding hydrogens is 210 g/mol. The molecule has 2 heteroatoms. The van der Waals surface area contributed by atoms with Gasteiger partial charge in [0.15, 0.2) is 0 Å². The molecule has 0 aliphatic carbocycles. The average molecular weight is 233 g/mol. The monoisotopic (exact) mass is 233 g/mol. The first-order valence-electron chi connectivity index (χ1n) is 6.32. The number of para-hydroxylation sites is 1. The van der Waals surface area contributed by atoms with Crippen LogP contribution in [-0.2, 0) is 6.54 Å². The Balaban J connectivity index is 2.38. The molecule has 2 nitrogen and oxygen atoms in total. The van der Waals surface area contributed by atoms with Crippen molar-refractivity contribution in [2.45, 2.75) is 39.2 Å². The topological polar surface area (TPSA) is 35.2 Å². The van der Waals surface area contributed by atoms with E-state index in [-0.39, 0.29) is 0 Å². The third-order valence-electron chi connectivity index (χ3n) is 2.81. The Morgan fingerprint density at radius 1 is 1.29 bits per heavy atom. The van der Waals surface area contributed by atoms with E-state index in [0.717, 1.165) is 30.8 Å². The Hall–Kier alpha value is -1.28. The van der Waals surface area contributed by atoms with Gasteiger partial charge in [-0.15, -0.1) is 6.58 Å². The first-order chi connectivity index (χ1) is 8.29. The zero-order chi connectivity index (χ0) is 12.5. The molecule has 0 fully saturated rings. The molecular formula is C15H23NO. The molecule has 0 aliphatic rings. The second-order valence-corrected chi connectivity index (χ2v) is 4.25. The second kappa shape index (κ2) is 7.91. The van der Waals surface area contributed by atoms with Gasteiger partial charge in [0.25, 0.3) is 0 Å². The lowest BCUT2D eigenvalue weighted by Crippen LogP contribution is -2.05. The van der Waals surface area contributed by atoms with Crippen LogP contribution in [0.3, 0.4) is 0 Å². The predicted molar refractivity (Wildman–Crippen MR) is 73.2 cm³/mol. The number of ether oxygens (including phenoxy) is 1. The molecule has 94 valence electrons. The standard InChI is InChI=1S/C15H23NO/c1-3-4-5-6-7-11-17-15-13(2)9-8-10-14(15)12-16/h3,8-10H,1,4-7,11-12,16H2,2H3. The van der Waals surface area contributed by atoms with Gasteiger partial charge in [0.2, 0.25) is 0 Å². The van der Waals surface area contributed by atoms with Gasteiger partial charge in [0.1, 0.15) is 5.75 Å². The van der Waals surface area contributed by atoms with E-state index >= 15 is 0 Å². The van der Waals surface area contributed by atoms with Gasteiger partial charge in [-0.3, -0.25) is 0 Å². The molecule has 0 radical (unpaired) electrons. The Kier molecular flexibility index (Phi) is 6.41. The van der Waals surface area contributed by atoms with E-state index < -0.39 is 0 Å². The Labute approximate surface area is 104 Å². The number of aryl methyl sites for hydroxylation is 1. The van der Waals surface area contributed by atoms with Crippen LogP contribution in [0.4, 0.5) is 0 Å². The largest absolute Gasteiger partial charge is 0.493 e. The zero-order valence-electron chi connectivity index (χ0n) is 10.7. The molecule has 0 aromatic heterocycles. The summed E-state index contributed by atoms with van der Waals surface area (Å²) in [6, 6.07) is 6.11. The summed E-state index contributed by atoms with van der Waals surface area (Å²) in [5.41, 5.74) is 7.96.